The van der Waals surface area contributed by atoms with Gasteiger partial charge in [-0.3, -0.25) is 9.69 Å². The summed E-state index contributed by atoms with van der Waals surface area (Å²) in [6.45, 7) is 3.80. The van der Waals surface area contributed by atoms with Crippen LogP contribution in [-0.4, -0.2) is 82.1 Å². The molecule has 2 aromatic rings. The van der Waals surface area contributed by atoms with Crippen LogP contribution in [0, 0.1) is 11.3 Å². The summed E-state index contributed by atoms with van der Waals surface area (Å²) < 4.78 is 51.4. The molecule has 1 amide bonds. The monoisotopic (exact) mass is 585 g/mol. The minimum atomic E-state index is -3.32. The van der Waals surface area contributed by atoms with E-state index in [0.717, 1.165) is 31.4 Å². The zero-order valence-corrected chi connectivity index (χ0v) is 24.7. The van der Waals surface area contributed by atoms with Crippen molar-refractivity contribution in [2.75, 3.05) is 39.0 Å². The third kappa shape index (κ3) is 5.24. The Labute approximate surface area is 238 Å². The Morgan fingerprint density at radius 3 is 2.17 bits per heavy atom. The van der Waals surface area contributed by atoms with Crippen molar-refractivity contribution in [3.05, 3.63) is 65.7 Å². The van der Waals surface area contributed by atoms with Crippen LogP contribution in [0.25, 0.3) is 0 Å². The molecule has 3 heterocycles. The molecule has 3 saturated heterocycles. The summed E-state index contributed by atoms with van der Waals surface area (Å²) in [5.41, 5.74) is 1.66. The van der Waals surface area contributed by atoms with E-state index in [4.69, 9.17) is 0 Å². The second kappa shape index (κ2) is 10.5. The lowest BCUT2D eigenvalue weighted by Crippen LogP contribution is -2.54. The molecule has 4 fully saturated rings. The standard InChI is InChI=1S/C30H39N3O5S2/c1-39(35,36)24-9-7-22(8-10-24)21-33-18-15-30(29(33)34)13-16-32(17-14-30)28(40(37,38)25-11-12-25)27-20-31-19-26(27)23-5-3-2-4-6-23/h2-10,25-28,31H,11-21H2,1H3/t26-,27-,28?/m1/s1. The second-order valence-electron chi connectivity index (χ2n) is 12.2. The zero-order chi connectivity index (χ0) is 28.1. The van der Waals surface area contributed by atoms with Gasteiger partial charge in [0.25, 0.3) is 0 Å². The Kier molecular flexibility index (Phi) is 7.34. The highest BCUT2D eigenvalue weighted by atomic mass is 32.2. The molecule has 6 rings (SSSR count). The molecular formula is C30H39N3O5S2. The highest BCUT2D eigenvalue weighted by molar-refractivity contribution is 7.92. The predicted molar refractivity (Wildman–Crippen MR) is 154 cm³/mol. The first-order valence-electron chi connectivity index (χ1n) is 14.4. The Hall–Kier alpha value is -2.27. The van der Waals surface area contributed by atoms with Crippen LogP contribution >= 0.6 is 0 Å². The first kappa shape index (κ1) is 27.9. The van der Waals surface area contributed by atoms with Gasteiger partial charge < -0.3 is 10.2 Å². The number of piperidine rings is 1. The van der Waals surface area contributed by atoms with E-state index in [1.165, 1.54) is 11.8 Å². The van der Waals surface area contributed by atoms with Crippen molar-refractivity contribution in [2.24, 2.45) is 11.3 Å². The fraction of sp³-hybridized carbons (Fsp3) is 0.567. The molecule has 3 aliphatic heterocycles. The molecule has 1 unspecified atom stereocenters. The van der Waals surface area contributed by atoms with Gasteiger partial charge in [-0.25, -0.2) is 16.8 Å². The Morgan fingerprint density at radius 2 is 1.55 bits per heavy atom. The topological polar surface area (TPSA) is 104 Å². The number of nitrogens with one attached hydrogen (secondary N) is 1. The highest BCUT2D eigenvalue weighted by Gasteiger charge is 2.54. The van der Waals surface area contributed by atoms with Crippen LogP contribution in [0.2, 0.25) is 0 Å². The van der Waals surface area contributed by atoms with Gasteiger partial charge in [0.2, 0.25) is 5.91 Å². The van der Waals surface area contributed by atoms with Gasteiger partial charge in [0.1, 0.15) is 5.37 Å². The van der Waals surface area contributed by atoms with Gasteiger partial charge in [-0.05, 0) is 55.4 Å². The van der Waals surface area contributed by atoms with Gasteiger partial charge in [0, 0.05) is 57.4 Å². The summed E-state index contributed by atoms with van der Waals surface area (Å²) in [6, 6.07) is 17.0. The van der Waals surface area contributed by atoms with Crippen LogP contribution in [0.15, 0.2) is 59.5 Å². The number of sulfone groups is 2. The summed E-state index contributed by atoms with van der Waals surface area (Å²) in [4.78, 5) is 18.0. The van der Waals surface area contributed by atoms with Gasteiger partial charge in [-0.1, -0.05) is 42.5 Å². The number of likely N-dealkylation sites (tertiary alicyclic amines) is 2. The van der Waals surface area contributed by atoms with E-state index in [-0.39, 0.29) is 27.9 Å². The van der Waals surface area contributed by atoms with Gasteiger partial charge >= 0.3 is 0 Å². The normalized spacial score (nSPS) is 26.4. The molecule has 1 spiro atoms. The number of benzene rings is 2. The molecule has 216 valence electrons. The molecule has 3 atom stereocenters. The van der Waals surface area contributed by atoms with E-state index in [1.54, 1.807) is 24.3 Å². The maximum atomic E-state index is 13.9. The van der Waals surface area contributed by atoms with E-state index in [0.29, 0.717) is 45.6 Å². The first-order valence-corrected chi connectivity index (χ1v) is 17.9. The zero-order valence-electron chi connectivity index (χ0n) is 23.0. The third-order valence-corrected chi connectivity index (χ3v) is 13.5. The highest BCUT2D eigenvalue weighted by Crippen LogP contribution is 2.46. The van der Waals surface area contributed by atoms with Crippen molar-refractivity contribution < 1.29 is 21.6 Å². The predicted octanol–water partition coefficient (Wildman–Crippen LogP) is 2.81. The summed E-state index contributed by atoms with van der Waals surface area (Å²) >= 11 is 0. The van der Waals surface area contributed by atoms with Crippen LogP contribution < -0.4 is 5.32 Å². The Balaban J connectivity index is 1.17. The van der Waals surface area contributed by atoms with E-state index >= 15 is 0 Å². The molecule has 1 aliphatic carbocycles. The Morgan fingerprint density at radius 1 is 0.900 bits per heavy atom. The van der Waals surface area contributed by atoms with Crippen LogP contribution in [0.1, 0.15) is 49.1 Å². The van der Waals surface area contributed by atoms with Gasteiger partial charge in [-0.2, -0.15) is 0 Å². The molecule has 1 saturated carbocycles. The van der Waals surface area contributed by atoms with Gasteiger partial charge in [-0.15, -0.1) is 0 Å². The number of carbonyl (C=O) groups is 1. The molecule has 2 aromatic carbocycles. The van der Waals surface area contributed by atoms with E-state index in [1.807, 2.05) is 23.1 Å². The number of amides is 1. The van der Waals surface area contributed by atoms with Crippen LogP contribution in [0.3, 0.4) is 0 Å². The van der Waals surface area contributed by atoms with Crippen molar-refractivity contribution >= 4 is 25.6 Å². The molecule has 4 aliphatic rings. The number of hydrogen-bond acceptors (Lipinski definition) is 7. The molecule has 8 nitrogen and oxygen atoms in total. The third-order valence-electron chi connectivity index (χ3n) is 9.62. The Bertz CT molecular complexity index is 1450. The first-order chi connectivity index (χ1) is 19.1. The summed E-state index contributed by atoms with van der Waals surface area (Å²) in [5.74, 6) is 0.270. The summed E-state index contributed by atoms with van der Waals surface area (Å²) in [6.07, 6.45) is 4.81. The minimum Gasteiger partial charge on any atom is -0.338 e. The fourth-order valence-corrected chi connectivity index (χ4v) is 10.4. The average molecular weight is 586 g/mol. The van der Waals surface area contributed by atoms with Crippen LogP contribution in [-0.2, 0) is 31.0 Å². The molecular weight excluding hydrogens is 546 g/mol. The average Bonchev–Trinajstić information content (AvgIpc) is 3.65. The van der Waals surface area contributed by atoms with E-state index < -0.39 is 30.5 Å². The summed E-state index contributed by atoms with van der Waals surface area (Å²) in [7, 11) is -6.58. The summed E-state index contributed by atoms with van der Waals surface area (Å²) in [5, 5.41) is 2.72. The van der Waals surface area contributed by atoms with Crippen molar-refractivity contribution in [3.8, 4) is 0 Å². The number of rotatable bonds is 8. The second-order valence-corrected chi connectivity index (χ2v) is 16.6. The molecule has 1 N–H and O–H groups in total. The van der Waals surface area contributed by atoms with E-state index in [9.17, 15) is 21.6 Å². The van der Waals surface area contributed by atoms with Gasteiger partial charge in [0.05, 0.1) is 15.6 Å². The lowest BCUT2D eigenvalue weighted by atomic mass is 9.76. The molecule has 40 heavy (non-hydrogen) atoms. The fourth-order valence-electron chi connectivity index (χ4n) is 7.16. The van der Waals surface area contributed by atoms with Crippen LogP contribution in [0.4, 0.5) is 0 Å². The maximum absolute atomic E-state index is 13.9. The van der Waals surface area contributed by atoms with Crippen molar-refractivity contribution in [3.63, 3.8) is 0 Å². The van der Waals surface area contributed by atoms with Crippen molar-refractivity contribution in [1.29, 1.82) is 0 Å². The molecule has 0 radical (unpaired) electrons. The maximum Gasteiger partial charge on any atom is 0.229 e. The molecule has 0 aromatic heterocycles. The SMILES string of the molecule is CS(=O)(=O)c1ccc(CN2CCC3(CCN(C([C@@H]4CNC[C@@H]4c4ccccc4)S(=O)(=O)C4CC4)CC3)C2=O)cc1. The smallest absolute Gasteiger partial charge is 0.229 e. The molecule has 10 heteroatoms. The van der Waals surface area contributed by atoms with Crippen molar-refractivity contribution in [1.82, 2.24) is 15.1 Å². The number of nitrogens with zero attached hydrogens (tertiary/aromatic N) is 2. The molecule has 0 bridgehead atoms. The number of hydrogen-bond donors (Lipinski definition) is 1. The van der Waals surface area contributed by atoms with Crippen LogP contribution in [0.5, 0.6) is 0 Å². The number of carbonyl (C=O) groups excluding carboxylic acids is 1. The quantitative estimate of drug-likeness (QED) is 0.508. The lowest BCUT2D eigenvalue weighted by molar-refractivity contribution is -0.139. The van der Waals surface area contributed by atoms with Gasteiger partial charge in [0.15, 0.2) is 19.7 Å². The minimum absolute atomic E-state index is 0.0206. The largest absolute Gasteiger partial charge is 0.338 e. The van der Waals surface area contributed by atoms with Crippen molar-refractivity contribution in [2.45, 2.75) is 60.1 Å². The lowest BCUT2D eigenvalue weighted by Gasteiger charge is -2.44. The van der Waals surface area contributed by atoms with E-state index in [2.05, 4.69) is 22.3 Å².